The number of pyridine rings is 1. The average molecular weight is 482 g/mol. The Labute approximate surface area is 202 Å². The number of aromatic nitrogens is 1. The first kappa shape index (κ1) is 23.8. The number of fused-ring (bicyclic) bond motifs is 1. The summed E-state index contributed by atoms with van der Waals surface area (Å²) in [6.07, 6.45) is 0.454. The Morgan fingerprint density at radius 3 is 2.69 bits per heavy atom. The maximum atomic E-state index is 15.6. The van der Waals surface area contributed by atoms with Crippen molar-refractivity contribution in [2.45, 2.75) is 43.6 Å². The minimum Gasteiger partial charge on any atom is -0.391 e. The van der Waals surface area contributed by atoms with E-state index >= 15 is 4.39 Å². The Balaban J connectivity index is 1.37. The monoisotopic (exact) mass is 481 g/mol. The van der Waals surface area contributed by atoms with E-state index < -0.39 is 29.5 Å². The summed E-state index contributed by atoms with van der Waals surface area (Å²) >= 11 is 0. The van der Waals surface area contributed by atoms with Gasteiger partial charge in [-0.25, -0.2) is 13.8 Å². The lowest BCUT2D eigenvalue weighted by molar-refractivity contribution is -0.0140. The third-order valence-corrected chi connectivity index (χ3v) is 7.08. The van der Waals surface area contributed by atoms with Crippen molar-refractivity contribution >= 4 is 16.8 Å². The summed E-state index contributed by atoms with van der Waals surface area (Å²) in [7, 11) is 0. The van der Waals surface area contributed by atoms with Crippen molar-refractivity contribution in [3.8, 4) is 0 Å². The molecule has 2 aliphatic rings. The van der Waals surface area contributed by atoms with E-state index in [1.165, 1.54) is 6.07 Å². The van der Waals surface area contributed by atoms with Crippen molar-refractivity contribution in [2.24, 2.45) is 0 Å². The number of para-hydroxylation sites is 1. The van der Waals surface area contributed by atoms with Gasteiger partial charge >= 0.3 is 0 Å². The number of rotatable bonds is 5. The normalized spacial score (nSPS) is 22.7. The Kier molecular flexibility index (Phi) is 6.77. The molecular formula is C27H29F2N3O3. The van der Waals surface area contributed by atoms with E-state index in [0.717, 1.165) is 5.56 Å². The van der Waals surface area contributed by atoms with Crippen molar-refractivity contribution in [1.82, 2.24) is 15.2 Å². The van der Waals surface area contributed by atoms with Crippen molar-refractivity contribution in [3.63, 3.8) is 0 Å². The summed E-state index contributed by atoms with van der Waals surface area (Å²) in [6.45, 7) is 2.18. The summed E-state index contributed by atoms with van der Waals surface area (Å²) in [5.41, 5.74) is 0.293. The van der Waals surface area contributed by atoms with Gasteiger partial charge in [-0.2, -0.15) is 0 Å². The molecule has 5 rings (SSSR count). The molecule has 2 aromatic carbocycles. The van der Waals surface area contributed by atoms with Crippen LogP contribution in [0.25, 0.3) is 10.9 Å². The first-order valence-corrected chi connectivity index (χ1v) is 12.0. The summed E-state index contributed by atoms with van der Waals surface area (Å²) in [6, 6.07) is 15.1. The van der Waals surface area contributed by atoms with Crippen LogP contribution in [-0.2, 0) is 17.0 Å². The number of amides is 1. The van der Waals surface area contributed by atoms with E-state index in [4.69, 9.17) is 4.74 Å². The van der Waals surface area contributed by atoms with Crippen LogP contribution in [0.15, 0.2) is 54.6 Å². The highest BCUT2D eigenvalue weighted by Crippen LogP contribution is 2.37. The first-order valence-electron chi connectivity index (χ1n) is 12.0. The van der Waals surface area contributed by atoms with Crippen LogP contribution >= 0.6 is 0 Å². The fourth-order valence-corrected chi connectivity index (χ4v) is 4.97. The lowest BCUT2D eigenvalue weighted by Crippen LogP contribution is -2.49. The van der Waals surface area contributed by atoms with E-state index in [0.29, 0.717) is 56.5 Å². The number of piperidine rings is 1. The second-order valence-electron chi connectivity index (χ2n) is 9.42. The highest BCUT2D eigenvalue weighted by atomic mass is 19.1. The van der Waals surface area contributed by atoms with Crippen LogP contribution in [0.5, 0.6) is 0 Å². The van der Waals surface area contributed by atoms with Crippen LogP contribution in [-0.4, -0.2) is 59.3 Å². The van der Waals surface area contributed by atoms with Crippen molar-refractivity contribution < 1.29 is 23.4 Å². The zero-order chi connectivity index (χ0) is 24.4. The summed E-state index contributed by atoms with van der Waals surface area (Å²) in [4.78, 5) is 19.4. The number of hydrogen-bond donors (Lipinski definition) is 2. The van der Waals surface area contributed by atoms with Crippen molar-refractivity contribution in [3.05, 3.63) is 77.2 Å². The molecule has 0 unspecified atom stereocenters. The molecule has 2 N–H and O–H groups in total. The SMILES string of the molecule is O=C(N[C@H]1COCC[C@@H]1O)c1cc(CN2CCC(F)(c3ccccc3)CC2)c2cccc(F)c2n1. The summed E-state index contributed by atoms with van der Waals surface area (Å²) in [5.74, 6) is -0.999. The molecule has 35 heavy (non-hydrogen) atoms. The number of likely N-dealkylation sites (tertiary alicyclic amines) is 1. The Hall–Kier alpha value is -2.94. The highest BCUT2D eigenvalue weighted by Gasteiger charge is 2.36. The molecule has 2 saturated heterocycles. The smallest absolute Gasteiger partial charge is 0.270 e. The van der Waals surface area contributed by atoms with E-state index in [2.05, 4.69) is 15.2 Å². The van der Waals surface area contributed by atoms with Gasteiger partial charge in [0, 0.05) is 31.6 Å². The van der Waals surface area contributed by atoms with Gasteiger partial charge in [-0.05, 0) is 42.5 Å². The number of nitrogens with one attached hydrogen (secondary N) is 1. The van der Waals surface area contributed by atoms with Crippen LogP contribution in [0.1, 0.15) is 40.9 Å². The standard InChI is InChI=1S/C27H29F2N3O3/c28-21-8-4-7-20-18(16-32-12-10-27(29,11-13-32)19-5-2-1-3-6-19)15-22(30-25(20)21)26(34)31-23-17-35-14-9-24(23)33/h1-8,15,23-24,33H,9-14,16-17H2,(H,31,34)/t23-,24-/m0/s1. The van der Waals surface area contributed by atoms with Crippen molar-refractivity contribution in [2.75, 3.05) is 26.3 Å². The molecule has 0 saturated carbocycles. The van der Waals surface area contributed by atoms with Gasteiger partial charge in [0.1, 0.15) is 22.7 Å². The van der Waals surface area contributed by atoms with Gasteiger partial charge in [0.05, 0.1) is 18.8 Å². The maximum Gasteiger partial charge on any atom is 0.270 e. The number of carbonyl (C=O) groups is 1. The summed E-state index contributed by atoms with van der Waals surface area (Å²) < 4.78 is 35.6. The average Bonchev–Trinajstić information content (AvgIpc) is 2.88. The van der Waals surface area contributed by atoms with E-state index in [1.807, 2.05) is 30.3 Å². The molecule has 3 heterocycles. The van der Waals surface area contributed by atoms with E-state index in [9.17, 15) is 14.3 Å². The van der Waals surface area contributed by atoms with Gasteiger partial charge in [0.2, 0.25) is 0 Å². The van der Waals surface area contributed by atoms with E-state index in [1.54, 1.807) is 18.2 Å². The van der Waals surface area contributed by atoms with Gasteiger partial charge in [-0.3, -0.25) is 9.69 Å². The fraction of sp³-hybridized carbons (Fsp3) is 0.407. The molecule has 0 aliphatic carbocycles. The highest BCUT2D eigenvalue weighted by molar-refractivity contribution is 5.96. The first-order chi connectivity index (χ1) is 16.9. The number of aliphatic hydroxyl groups is 1. The number of alkyl halides is 1. The third-order valence-electron chi connectivity index (χ3n) is 7.08. The van der Waals surface area contributed by atoms with Gasteiger partial charge < -0.3 is 15.2 Å². The molecule has 8 heteroatoms. The van der Waals surface area contributed by atoms with Gasteiger partial charge in [-0.15, -0.1) is 0 Å². The topological polar surface area (TPSA) is 74.7 Å². The number of carbonyl (C=O) groups excluding carboxylic acids is 1. The van der Waals surface area contributed by atoms with Gasteiger partial charge in [-0.1, -0.05) is 42.5 Å². The summed E-state index contributed by atoms with van der Waals surface area (Å²) in [5, 5.41) is 13.6. The van der Waals surface area contributed by atoms with Crippen LogP contribution in [0.4, 0.5) is 8.78 Å². The molecule has 0 radical (unpaired) electrons. The molecule has 2 atom stereocenters. The van der Waals surface area contributed by atoms with Gasteiger partial charge in [0.15, 0.2) is 0 Å². The number of benzene rings is 2. The number of nitrogens with zero attached hydrogens (tertiary/aromatic N) is 2. The largest absolute Gasteiger partial charge is 0.391 e. The van der Waals surface area contributed by atoms with Gasteiger partial charge in [0.25, 0.3) is 5.91 Å². The zero-order valence-electron chi connectivity index (χ0n) is 19.4. The second-order valence-corrected chi connectivity index (χ2v) is 9.42. The molecule has 3 aromatic rings. The Bertz CT molecular complexity index is 1200. The molecule has 184 valence electrons. The Morgan fingerprint density at radius 2 is 1.94 bits per heavy atom. The van der Waals surface area contributed by atoms with Crippen LogP contribution in [0.3, 0.4) is 0 Å². The van der Waals surface area contributed by atoms with E-state index in [-0.39, 0.29) is 17.8 Å². The molecule has 1 amide bonds. The number of hydrogen-bond acceptors (Lipinski definition) is 5. The predicted molar refractivity (Wildman–Crippen MR) is 128 cm³/mol. The fourth-order valence-electron chi connectivity index (χ4n) is 4.97. The lowest BCUT2D eigenvalue weighted by Gasteiger charge is -2.37. The number of ether oxygens (including phenoxy) is 1. The van der Waals surface area contributed by atoms with Crippen LogP contribution in [0, 0.1) is 5.82 Å². The Morgan fingerprint density at radius 1 is 1.17 bits per heavy atom. The molecule has 6 nitrogen and oxygen atoms in total. The molecule has 0 bridgehead atoms. The molecular weight excluding hydrogens is 452 g/mol. The molecule has 0 spiro atoms. The molecule has 1 aromatic heterocycles. The third kappa shape index (κ3) is 5.05. The molecule has 2 aliphatic heterocycles. The minimum absolute atomic E-state index is 0.0801. The predicted octanol–water partition coefficient (Wildman–Crippen LogP) is 3.71. The van der Waals surface area contributed by atoms with Crippen LogP contribution in [0.2, 0.25) is 0 Å². The second kappa shape index (κ2) is 9.97. The quantitative estimate of drug-likeness (QED) is 0.581. The molecule has 2 fully saturated rings. The minimum atomic E-state index is -1.36. The van der Waals surface area contributed by atoms with Crippen LogP contribution < -0.4 is 5.32 Å². The number of halogens is 2. The zero-order valence-corrected chi connectivity index (χ0v) is 19.4. The van der Waals surface area contributed by atoms with Crippen molar-refractivity contribution in [1.29, 1.82) is 0 Å². The number of aliphatic hydroxyl groups excluding tert-OH is 1. The lowest BCUT2D eigenvalue weighted by atomic mass is 9.86. The maximum absolute atomic E-state index is 15.6.